The van der Waals surface area contributed by atoms with Crippen molar-refractivity contribution in [3.8, 4) is 0 Å². The summed E-state index contributed by atoms with van der Waals surface area (Å²) >= 11 is 0. The van der Waals surface area contributed by atoms with Gasteiger partial charge in [-0.1, -0.05) is 30.7 Å². The van der Waals surface area contributed by atoms with Gasteiger partial charge in [0.1, 0.15) is 5.78 Å². The Kier molecular flexibility index (Phi) is 2.83. The van der Waals surface area contributed by atoms with Gasteiger partial charge in [-0.3, -0.25) is 4.79 Å². The first-order valence-electron chi connectivity index (χ1n) is 8.55. The summed E-state index contributed by atoms with van der Waals surface area (Å²) in [5.41, 5.74) is 1.20. The predicted octanol–water partition coefficient (Wildman–Crippen LogP) is 3.66. The molecule has 2 fully saturated rings. The highest BCUT2D eigenvalue weighted by Gasteiger charge is 2.59. The zero-order valence-corrected chi connectivity index (χ0v) is 13.1. The highest BCUT2D eigenvalue weighted by molar-refractivity contribution is 5.89. The lowest BCUT2D eigenvalue weighted by Crippen LogP contribution is -2.56. The molecule has 1 N–H and O–H groups in total. The van der Waals surface area contributed by atoms with Crippen LogP contribution in [-0.2, 0) is 4.79 Å². The van der Waals surface area contributed by atoms with Crippen molar-refractivity contribution in [3.05, 3.63) is 23.8 Å². The first kappa shape index (κ1) is 13.8. The van der Waals surface area contributed by atoms with Crippen LogP contribution < -0.4 is 0 Å². The third-order valence-electron chi connectivity index (χ3n) is 7.28. The summed E-state index contributed by atoms with van der Waals surface area (Å²) in [7, 11) is 0. The molecule has 4 aliphatic rings. The van der Waals surface area contributed by atoms with E-state index in [4.69, 9.17) is 0 Å². The smallest absolute Gasteiger partial charge is 0.143 e. The van der Waals surface area contributed by atoms with Crippen molar-refractivity contribution in [1.29, 1.82) is 0 Å². The van der Waals surface area contributed by atoms with E-state index < -0.39 is 0 Å². The molecule has 0 heterocycles. The fourth-order valence-corrected chi connectivity index (χ4v) is 6.02. The molecule has 2 nitrogen and oxygen atoms in total. The Morgan fingerprint density at radius 3 is 2.90 bits per heavy atom. The van der Waals surface area contributed by atoms with Crippen LogP contribution in [0.25, 0.3) is 0 Å². The molecular formula is C19H26O2. The molecule has 0 saturated heterocycles. The SMILES string of the molecule is C[C@]12C(=O)CCC=C1CC(O)[C@@H]1[C@@H]2CC[C@]2(C)C=CC[C@@H]12. The van der Waals surface area contributed by atoms with E-state index in [-0.39, 0.29) is 16.9 Å². The van der Waals surface area contributed by atoms with Crippen molar-refractivity contribution in [1.82, 2.24) is 0 Å². The number of aliphatic hydroxyl groups excluding tert-OH is 1. The van der Waals surface area contributed by atoms with Crippen LogP contribution in [0.1, 0.15) is 52.4 Å². The van der Waals surface area contributed by atoms with Crippen molar-refractivity contribution in [2.75, 3.05) is 0 Å². The zero-order valence-electron chi connectivity index (χ0n) is 13.1. The summed E-state index contributed by atoms with van der Waals surface area (Å²) in [5.74, 6) is 1.59. The fraction of sp³-hybridized carbons (Fsp3) is 0.737. The molecule has 4 rings (SSSR count). The van der Waals surface area contributed by atoms with Crippen LogP contribution >= 0.6 is 0 Å². The number of rotatable bonds is 0. The molecule has 0 aromatic carbocycles. The standard InChI is InChI=1S/C19H26O2/c1-18-9-4-6-13(18)17-14(8-10-18)19(2)12(11-15(17)20)5-3-7-16(19)21/h4-5,9,13-15,17,20H,3,6-8,10-11H2,1-2H3/t13-,14-,15?,17-,18-,19-/m0/s1. The Hall–Kier alpha value is -0.890. The van der Waals surface area contributed by atoms with Gasteiger partial charge >= 0.3 is 0 Å². The summed E-state index contributed by atoms with van der Waals surface area (Å²) in [6.45, 7) is 4.52. The van der Waals surface area contributed by atoms with Crippen LogP contribution in [0.5, 0.6) is 0 Å². The highest BCUT2D eigenvalue weighted by Crippen LogP contribution is 2.63. The zero-order chi connectivity index (χ0) is 14.8. The van der Waals surface area contributed by atoms with Gasteiger partial charge in [-0.15, -0.1) is 0 Å². The van der Waals surface area contributed by atoms with Gasteiger partial charge in [-0.25, -0.2) is 0 Å². The molecule has 2 heteroatoms. The molecule has 0 aliphatic heterocycles. The number of hydrogen-bond donors (Lipinski definition) is 1. The molecular weight excluding hydrogens is 260 g/mol. The van der Waals surface area contributed by atoms with Gasteiger partial charge in [0.25, 0.3) is 0 Å². The van der Waals surface area contributed by atoms with E-state index in [1.165, 1.54) is 5.57 Å². The molecule has 0 spiro atoms. The molecule has 0 amide bonds. The molecule has 6 atom stereocenters. The number of Topliss-reactive ketones (excluding diaryl/α,β-unsaturated/α-hetero) is 1. The number of carbonyl (C=O) groups excluding carboxylic acids is 1. The topological polar surface area (TPSA) is 37.3 Å². The molecule has 2 saturated carbocycles. The summed E-state index contributed by atoms with van der Waals surface area (Å²) in [4.78, 5) is 12.7. The van der Waals surface area contributed by atoms with Crippen molar-refractivity contribution in [2.24, 2.45) is 28.6 Å². The quantitative estimate of drug-likeness (QED) is 0.690. The van der Waals surface area contributed by atoms with Crippen LogP contribution in [0, 0.1) is 28.6 Å². The van der Waals surface area contributed by atoms with E-state index >= 15 is 0 Å². The number of allylic oxidation sites excluding steroid dienone is 3. The second-order valence-corrected chi connectivity index (χ2v) is 8.14. The minimum atomic E-state index is -0.286. The minimum Gasteiger partial charge on any atom is -0.392 e. The monoisotopic (exact) mass is 286 g/mol. The normalized spacial score (nSPS) is 52.0. The molecule has 0 bridgehead atoms. The molecule has 0 radical (unpaired) electrons. The van der Waals surface area contributed by atoms with Crippen LogP contribution in [0.2, 0.25) is 0 Å². The lowest BCUT2D eigenvalue weighted by molar-refractivity contribution is -0.142. The predicted molar refractivity (Wildman–Crippen MR) is 82.6 cm³/mol. The van der Waals surface area contributed by atoms with Crippen molar-refractivity contribution in [2.45, 2.75) is 58.5 Å². The second-order valence-electron chi connectivity index (χ2n) is 8.14. The number of hydrogen-bond acceptors (Lipinski definition) is 2. The molecule has 4 aliphatic carbocycles. The maximum absolute atomic E-state index is 12.7. The van der Waals surface area contributed by atoms with E-state index in [9.17, 15) is 9.90 Å². The summed E-state index contributed by atoms with van der Waals surface area (Å²) in [6, 6.07) is 0. The summed E-state index contributed by atoms with van der Waals surface area (Å²) in [5, 5.41) is 10.8. The summed E-state index contributed by atoms with van der Waals surface area (Å²) in [6.07, 6.45) is 12.3. The summed E-state index contributed by atoms with van der Waals surface area (Å²) < 4.78 is 0. The first-order chi connectivity index (χ1) is 9.97. The van der Waals surface area contributed by atoms with Gasteiger partial charge < -0.3 is 5.11 Å². The minimum absolute atomic E-state index is 0.247. The Balaban J connectivity index is 1.78. The van der Waals surface area contributed by atoms with Gasteiger partial charge in [-0.05, 0) is 62.2 Å². The van der Waals surface area contributed by atoms with Crippen LogP contribution in [0.4, 0.5) is 0 Å². The van der Waals surface area contributed by atoms with Crippen molar-refractivity contribution < 1.29 is 9.90 Å². The Labute approximate surface area is 127 Å². The maximum atomic E-state index is 12.7. The molecule has 0 aromatic rings. The average Bonchev–Trinajstić information content (AvgIpc) is 2.83. The largest absolute Gasteiger partial charge is 0.392 e. The number of fused-ring (bicyclic) bond motifs is 5. The molecule has 114 valence electrons. The van der Waals surface area contributed by atoms with Crippen molar-refractivity contribution >= 4 is 5.78 Å². The first-order valence-corrected chi connectivity index (χ1v) is 8.55. The van der Waals surface area contributed by atoms with E-state index in [1.807, 2.05) is 0 Å². The third kappa shape index (κ3) is 1.66. The van der Waals surface area contributed by atoms with Gasteiger partial charge in [0.15, 0.2) is 0 Å². The van der Waals surface area contributed by atoms with E-state index in [1.54, 1.807) is 0 Å². The second kappa shape index (κ2) is 4.32. The van der Waals surface area contributed by atoms with Gasteiger partial charge in [0.05, 0.1) is 11.5 Å². The van der Waals surface area contributed by atoms with E-state index in [0.717, 1.165) is 32.1 Å². The number of aliphatic hydroxyl groups is 1. The molecule has 21 heavy (non-hydrogen) atoms. The van der Waals surface area contributed by atoms with Crippen LogP contribution in [-0.4, -0.2) is 17.0 Å². The van der Waals surface area contributed by atoms with Gasteiger partial charge in [-0.2, -0.15) is 0 Å². The fourth-order valence-electron chi connectivity index (χ4n) is 6.02. The van der Waals surface area contributed by atoms with Crippen LogP contribution in [0.15, 0.2) is 23.8 Å². The number of carbonyl (C=O) groups is 1. The average molecular weight is 286 g/mol. The van der Waals surface area contributed by atoms with Crippen molar-refractivity contribution in [3.63, 3.8) is 0 Å². The van der Waals surface area contributed by atoms with E-state index in [2.05, 4.69) is 32.1 Å². The number of ketones is 1. The Bertz CT molecular complexity index is 546. The lowest BCUT2D eigenvalue weighted by Gasteiger charge is -2.57. The van der Waals surface area contributed by atoms with Crippen LogP contribution in [0.3, 0.4) is 0 Å². The Morgan fingerprint density at radius 2 is 2.10 bits per heavy atom. The lowest BCUT2D eigenvalue weighted by atomic mass is 9.46. The van der Waals surface area contributed by atoms with E-state index in [0.29, 0.717) is 30.0 Å². The van der Waals surface area contributed by atoms with Gasteiger partial charge in [0.2, 0.25) is 0 Å². The maximum Gasteiger partial charge on any atom is 0.143 e. The van der Waals surface area contributed by atoms with Gasteiger partial charge in [0, 0.05) is 6.42 Å². The molecule has 1 unspecified atom stereocenters. The highest BCUT2D eigenvalue weighted by atomic mass is 16.3. The molecule has 0 aromatic heterocycles. The third-order valence-corrected chi connectivity index (χ3v) is 7.28. The Morgan fingerprint density at radius 1 is 1.29 bits per heavy atom.